The third kappa shape index (κ3) is 4.94. The number of hydrogen-bond acceptors (Lipinski definition) is 5. The molecule has 1 saturated carbocycles. The third-order valence-electron chi connectivity index (χ3n) is 11.0. The van der Waals surface area contributed by atoms with E-state index in [1.807, 2.05) is 12.1 Å². The Balaban J connectivity index is 1.17. The lowest BCUT2D eigenvalue weighted by molar-refractivity contribution is -0.137. The maximum Gasteiger partial charge on any atom is 0.416 e. The van der Waals surface area contributed by atoms with Gasteiger partial charge in [0.25, 0.3) is 5.91 Å². The van der Waals surface area contributed by atoms with Crippen LogP contribution in [0.4, 0.5) is 13.2 Å². The van der Waals surface area contributed by atoms with Gasteiger partial charge in [-0.2, -0.15) is 13.2 Å². The van der Waals surface area contributed by atoms with E-state index in [1.54, 1.807) is 18.0 Å². The highest BCUT2D eigenvalue weighted by Gasteiger charge is 2.66. The zero-order chi connectivity index (χ0) is 32.4. The number of hydrogen-bond donors (Lipinski definition) is 1. The highest BCUT2D eigenvalue weighted by atomic mass is 19.4. The molecule has 2 bridgehead atoms. The number of likely N-dealkylation sites (N-methyl/N-ethyl adjacent to an activating group) is 2. The summed E-state index contributed by atoms with van der Waals surface area (Å²) in [5.74, 6) is 5.97. The number of amides is 1. The topological polar surface area (TPSA) is 56.2 Å². The van der Waals surface area contributed by atoms with Crippen LogP contribution < -0.4 is 4.74 Å². The van der Waals surface area contributed by atoms with Crippen molar-refractivity contribution >= 4 is 5.91 Å². The van der Waals surface area contributed by atoms with Crippen LogP contribution in [0, 0.1) is 17.8 Å². The minimum absolute atomic E-state index is 0.133. The number of piperidine rings is 1. The molecule has 0 aromatic heterocycles. The van der Waals surface area contributed by atoms with Gasteiger partial charge < -0.3 is 19.6 Å². The Morgan fingerprint density at radius 1 is 1.07 bits per heavy atom. The molecule has 46 heavy (non-hydrogen) atoms. The summed E-state index contributed by atoms with van der Waals surface area (Å²) in [7, 11) is 6.00. The molecule has 3 aromatic rings. The zero-order valence-electron chi connectivity index (χ0n) is 26.2. The fourth-order valence-corrected chi connectivity index (χ4v) is 8.79. The number of alkyl halides is 3. The van der Waals surface area contributed by atoms with E-state index in [9.17, 15) is 23.1 Å². The van der Waals surface area contributed by atoms with Crippen molar-refractivity contribution < 1.29 is 27.8 Å². The van der Waals surface area contributed by atoms with Crippen molar-refractivity contribution in [2.45, 2.75) is 61.5 Å². The predicted molar refractivity (Wildman–Crippen MR) is 168 cm³/mol. The molecule has 2 aliphatic carbocycles. The van der Waals surface area contributed by atoms with Gasteiger partial charge in [0, 0.05) is 48.1 Å². The van der Waals surface area contributed by atoms with Crippen LogP contribution in [0.25, 0.3) is 0 Å². The van der Waals surface area contributed by atoms with E-state index < -0.39 is 17.6 Å². The van der Waals surface area contributed by atoms with Gasteiger partial charge >= 0.3 is 6.18 Å². The van der Waals surface area contributed by atoms with Crippen LogP contribution in [0.2, 0.25) is 0 Å². The molecule has 2 fully saturated rings. The first-order valence-corrected chi connectivity index (χ1v) is 15.9. The predicted octanol–water partition coefficient (Wildman–Crippen LogP) is 5.63. The number of phenols is 1. The maximum absolute atomic E-state index is 13.4. The van der Waals surface area contributed by atoms with Gasteiger partial charge in [-0.3, -0.25) is 9.69 Å². The lowest BCUT2D eigenvalue weighted by Crippen LogP contribution is -2.69. The van der Waals surface area contributed by atoms with Gasteiger partial charge in [-0.1, -0.05) is 42.3 Å². The molecule has 6 nitrogen and oxygen atoms in total. The van der Waals surface area contributed by atoms with Gasteiger partial charge in [-0.25, -0.2) is 0 Å². The first kappa shape index (κ1) is 30.6. The van der Waals surface area contributed by atoms with Crippen LogP contribution in [0.15, 0.2) is 66.7 Å². The molecule has 7 rings (SSSR count). The van der Waals surface area contributed by atoms with Gasteiger partial charge in [-0.15, -0.1) is 0 Å². The molecule has 2 heterocycles. The van der Waals surface area contributed by atoms with Crippen molar-refractivity contribution in [1.29, 1.82) is 0 Å². The first-order valence-electron chi connectivity index (χ1n) is 15.9. The molecule has 1 N–H and O–H groups in total. The van der Waals surface area contributed by atoms with Gasteiger partial charge in [0.15, 0.2) is 11.5 Å². The Kier molecular flexibility index (Phi) is 7.57. The molecule has 2 aliphatic heterocycles. The summed E-state index contributed by atoms with van der Waals surface area (Å²) >= 11 is 0. The number of benzene rings is 3. The van der Waals surface area contributed by atoms with Gasteiger partial charge in [0.2, 0.25) is 0 Å². The van der Waals surface area contributed by atoms with Crippen LogP contribution in [0.1, 0.15) is 53.1 Å². The Hall–Kier alpha value is -4.00. The van der Waals surface area contributed by atoms with Crippen molar-refractivity contribution in [3.05, 3.63) is 94.5 Å². The fourth-order valence-electron chi connectivity index (χ4n) is 8.79. The van der Waals surface area contributed by atoms with E-state index in [0.29, 0.717) is 23.3 Å². The second kappa shape index (κ2) is 11.4. The van der Waals surface area contributed by atoms with E-state index in [0.717, 1.165) is 56.5 Å². The lowest BCUT2D eigenvalue weighted by atomic mass is 9.51. The Bertz CT molecular complexity index is 1700. The van der Waals surface area contributed by atoms with Crippen LogP contribution in [0.3, 0.4) is 0 Å². The normalized spacial score (nSPS) is 26.8. The number of phenolic OH excluding ortho intramolecular Hbond substituents is 1. The largest absolute Gasteiger partial charge is 0.504 e. The molecule has 0 radical (unpaired) electrons. The summed E-state index contributed by atoms with van der Waals surface area (Å²) in [6.07, 6.45) is -1.39. The molecule has 240 valence electrons. The zero-order valence-corrected chi connectivity index (χ0v) is 26.2. The monoisotopic (exact) mass is 629 g/mol. The minimum atomic E-state index is -4.43. The second-order valence-corrected chi connectivity index (χ2v) is 13.4. The highest BCUT2D eigenvalue weighted by Crippen LogP contribution is 2.64. The van der Waals surface area contributed by atoms with Crippen molar-refractivity contribution in [3.8, 4) is 23.3 Å². The highest BCUT2D eigenvalue weighted by molar-refractivity contribution is 5.94. The Morgan fingerprint density at radius 2 is 1.80 bits per heavy atom. The molecule has 1 spiro atoms. The quantitative estimate of drug-likeness (QED) is 0.371. The molecule has 9 heteroatoms. The van der Waals surface area contributed by atoms with E-state index in [4.69, 9.17) is 4.74 Å². The van der Waals surface area contributed by atoms with E-state index in [-0.39, 0.29) is 29.4 Å². The number of nitrogens with zero attached hydrogens (tertiary/aromatic N) is 3. The van der Waals surface area contributed by atoms with Crippen LogP contribution >= 0.6 is 0 Å². The van der Waals surface area contributed by atoms with Gasteiger partial charge in [0.1, 0.15) is 6.10 Å². The SMILES string of the molecule is CN(C)C(CN1CC[C@]23c4c5ccc(O)c4O[C@H]2[C@H](N(C)C(=O)C#Cc2ccc(C(F)(F)F)cc2)CC[C@H]3[C@H]1C5)c1ccccc1. The summed E-state index contributed by atoms with van der Waals surface area (Å²) in [5.41, 5.74) is 2.87. The summed E-state index contributed by atoms with van der Waals surface area (Å²) in [4.78, 5) is 20.0. The maximum atomic E-state index is 13.4. The van der Waals surface area contributed by atoms with E-state index in [2.05, 4.69) is 60.0 Å². The number of carbonyl (C=O) groups is 1. The third-order valence-corrected chi connectivity index (χ3v) is 11.0. The minimum Gasteiger partial charge on any atom is -0.504 e. The van der Waals surface area contributed by atoms with E-state index >= 15 is 0 Å². The van der Waals surface area contributed by atoms with E-state index in [1.165, 1.54) is 23.3 Å². The number of aromatic hydroxyl groups is 1. The summed E-state index contributed by atoms with van der Waals surface area (Å²) in [6.45, 7) is 1.78. The molecule has 1 unspecified atom stereocenters. The standard InChI is InChI=1S/C37H38F3N3O3/c1-41(2)30(24-7-5-4-6-8-24)22-43-20-19-36-27-15-16-28(35(36)46-34-31(44)17-12-25(33(34)36)21-29(27)43)42(3)32(45)18-11-23-9-13-26(14-10-23)37(38,39)40/h4-10,12-14,17,27-30,35,44H,15-16,19-22H2,1-3H3/t27-,28+,29+,30?,35-,36-/m0/s1. The molecular formula is C37H38F3N3O3. The van der Waals surface area contributed by atoms with Crippen molar-refractivity contribution in [1.82, 2.24) is 14.7 Å². The summed E-state index contributed by atoms with van der Waals surface area (Å²) < 4.78 is 45.6. The Morgan fingerprint density at radius 3 is 2.50 bits per heavy atom. The fraction of sp³-hybridized carbons (Fsp3) is 0.432. The average molecular weight is 630 g/mol. The van der Waals surface area contributed by atoms with Gasteiger partial charge in [0.05, 0.1) is 11.6 Å². The molecule has 6 atom stereocenters. The first-order chi connectivity index (χ1) is 22.0. The van der Waals surface area contributed by atoms with Crippen LogP contribution in [-0.2, 0) is 22.8 Å². The molecule has 4 aliphatic rings. The number of carbonyl (C=O) groups excluding carboxylic acids is 1. The second-order valence-electron chi connectivity index (χ2n) is 13.4. The lowest BCUT2D eigenvalue weighted by Gasteiger charge is -2.60. The summed E-state index contributed by atoms with van der Waals surface area (Å²) in [5, 5.41) is 11.0. The molecule has 3 aromatic carbocycles. The number of ether oxygens (including phenoxy) is 1. The summed E-state index contributed by atoms with van der Waals surface area (Å²) in [6, 6.07) is 19.2. The van der Waals surface area contributed by atoms with Crippen molar-refractivity contribution in [2.75, 3.05) is 34.2 Å². The molecule has 1 amide bonds. The molecule has 1 saturated heterocycles. The van der Waals surface area contributed by atoms with Gasteiger partial charge in [-0.05, 0) is 93.7 Å². The number of halogens is 3. The molecular weight excluding hydrogens is 591 g/mol. The Labute approximate surface area is 267 Å². The number of likely N-dealkylation sites (tertiary alicyclic amines) is 1. The van der Waals surface area contributed by atoms with Crippen LogP contribution in [-0.4, -0.2) is 78.1 Å². The van der Waals surface area contributed by atoms with Crippen molar-refractivity contribution in [2.24, 2.45) is 5.92 Å². The smallest absolute Gasteiger partial charge is 0.416 e. The van der Waals surface area contributed by atoms with Crippen LogP contribution in [0.5, 0.6) is 11.5 Å². The average Bonchev–Trinajstić information content (AvgIpc) is 3.39. The number of rotatable bonds is 5. The van der Waals surface area contributed by atoms with Crippen molar-refractivity contribution in [3.63, 3.8) is 0 Å².